The summed E-state index contributed by atoms with van der Waals surface area (Å²) in [5.74, 6) is 12.5. The van der Waals surface area contributed by atoms with E-state index in [4.69, 9.17) is 0 Å². The molecule has 25 unspecified atom stereocenters. The molecule has 7 nitrogen and oxygen atoms in total. The van der Waals surface area contributed by atoms with Crippen LogP contribution in [0.5, 0.6) is 0 Å². The third-order valence-electron chi connectivity index (χ3n) is 26.8. The van der Waals surface area contributed by atoms with Crippen LogP contribution >= 0.6 is 0 Å². The van der Waals surface area contributed by atoms with Crippen LogP contribution in [0.15, 0.2) is 0 Å². The van der Waals surface area contributed by atoms with E-state index in [0.717, 1.165) is 118 Å². The number of aliphatic hydroxyl groups is 7. The molecule has 7 rings (SSSR count). The summed E-state index contributed by atoms with van der Waals surface area (Å²) in [4.78, 5) is 0. The molecule has 7 heteroatoms. The Bertz CT molecular complexity index is 1730. The zero-order valence-electron chi connectivity index (χ0n) is 65.7. The van der Waals surface area contributed by atoms with Crippen molar-refractivity contribution in [3.63, 3.8) is 0 Å². The molecule has 0 saturated heterocycles. The summed E-state index contributed by atoms with van der Waals surface area (Å²) < 4.78 is 0. The molecule has 0 aromatic heterocycles. The van der Waals surface area contributed by atoms with Gasteiger partial charge in [-0.3, -0.25) is 0 Å². The summed E-state index contributed by atoms with van der Waals surface area (Å²) >= 11 is 0. The largest absolute Gasteiger partial charge is 0.393 e. The number of aliphatic hydroxyl groups excluding tert-OH is 7. The first-order chi connectivity index (χ1) is 42.6. The second-order valence-electron chi connectivity index (χ2n) is 35.5. The molecule has 0 heterocycles. The van der Waals surface area contributed by atoms with E-state index in [2.05, 4.69) is 166 Å². The van der Waals surface area contributed by atoms with Crippen LogP contribution in [0.4, 0.5) is 0 Å². The van der Waals surface area contributed by atoms with Crippen molar-refractivity contribution < 1.29 is 35.7 Å². The van der Waals surface area contributed by atoms with Crippen LogP contribution in [0, 0.1) is 123 Å². The second-order valence-corrected chi connectivity index (χ2v) is 35.5. The fourth-order valence-corrected chi connectivity index (χ4v) is 18.4. The zero-order chi connectivity index (χ0) is 69.6. The normalized spacial score (nSPS) is 36.9. The highest BCUT2D eigenvalue weighted by Gasteiger charge is 2.40. The van der Waals surface area contributed by atoms with Gasteiger partial charge in [0.1, 0.15) is 0 Å². The number of hydrogen-bond donors (Lipinski definition) is 7. The summed E-state index contributed by atoms with van der Waals surface area (Å²) in [5, 5.41) is 69.1. The summed E-state index contributed by atoms with van der Waals surface area (Å²) in [5.41, 5.74) is 1.16. The van der Waals surface area contributed by atoms with Gasteiger partial charge < -0.3 is 35.7 Å². The Hall–Kier alpha value is -0.280. The van der Waals surface area contributed by atoms with Gasteiger partial charge in [-0.2, -0.15) is 0 Å². The molecule has 7 N–H and O–H groups in total. The Morgan fingerprint density at radius 2 is 0.769 bits per heavy atom. The van der Waals surface area contributed by atoms with Gasteiger partial charge in [-0.1, -0.05) is 250 Å². The van der Waals surface area contributed by atoms with Crippen LogP contribution in [0.2, 0.25) is 0 Å². The molecule has 0 aromatic carbocycles. The van der Waals surface area contributed by atoms with Crippen LogP contribution in [-0.2, 0) is 0 Å². The molecule has 0 bridgehead atoms. The molecule has 0 radical (unpaired) electrons. The van der Waals surface area contributed by atoms with Crippen molar-refractivity contribution in [2.75, 3.05) is 0 Å². The Kier molecular flexibility index (Phi) is 44.3. The van der Waals surface area contributed by atoms with Crippen LogP contribution in [0.3, 0.4) is 0 Å². The summed E-state index contributed by atoms with van der Waals surface area (Å²) in [6, 6.07) is 0. The monoisotopic (exact) mass is 1290 g/mol. The fraction of sp³-hybridized carbons (Fsp3) is 1.00. The van der Waals surface area contributed by atoms with E-state index in [1.807, 2.05) is 0 Å². The lowest BCUT2D eigenvalue weighted by molar-refractivity contribution is -0.0111. The molecule has 7 aliphatic carbocycles. The minimum atomic E-state index is -0.0389. The van der Waals surface area contributed by atoms with E-state index in [9.17, 15) is 35.7 Å². The van der Waals surface area contributed by atoms with Gasteiger partial charge in [0.05, 0.1) is 42.7 Å². The Morgan fingerprint density at radius 1 is 0.308 bits per heavy atom. The molecule has 0 aromatic rings. The lowest BCUT2D eigenvalue weighted by atomic mass is 9.64. The van der Waals surface area contributed by atoms with Gasteiger partial charge in [-0.05, 0) is 245 Å². The minimum absolute atomic E-state index is 0.0122. The highest BCUT2D eigenvalue weighted by molar-refractivity contribution is 4.90. The highest BCUT2D eigenvalue weighted by atomic mass is 16.3. The fourth-order valence-electron chi connectivity index (χ4n) is 18.4. The van der Waals surface area contributed by atoms with Crippen LogP contribution in [0.1, 0.15) is 372 Å². The van der Waals surface area contributed by atoms with E-state index in [1.165, 1.54) is 128 Å². The van der Waals surface area contributed by atoms with Gasteiger partial charge in [-0.25, -0.2) is 0 Å². The quantitative estimate of drug-likeness (QED) is 0.0866. The lowest BCUT2D eigenvalue weighted by Gasteiger charge is -2.42. The van der Waals surface area contributed by atoms with Crippen LogP contribution < -0.4 is 0 Å². The van der Waals surface area contributed by atoms with Crippen molar-refractivity contribution >= 4 is 0 Å². The number of hydrogen-bond acceptors (Lipinski definition) is 7. The predicted octanol–water partition coefficient (Wildman–Crippen LogP) is 22.5. The Labute approximate surface area is 570 Å². The van der Waals surface area contributed by atoms with Gasteiger partial charge in [0.25, 0.3) is 0 Å². The topological polar surface area (TPSA) is 142 Å². The summed E-state index contributed by atoms with van der Waals surface area (Å²) in [6.07, 6.45) is 37.9. The molecule has 0 spiro atoms. The third-order valence-corrected chi connectivity index (χ3v) is 26.8. The van der Waals surface area contributed by atoms with Crippen LogP contribution in [-0.4, -0.2) is 78.5 Å². The molecular formula is C84H168O7. The average molecular weight is 1290 g/mol. The third kappa shape index (κ3) is 31.2. The molecule has 7 fully saturated rings. The first kappa shape index (κ1) is 88.7. The highest BCUT2D eigenvalue weighted by Crippen LogP contribution is 2.46. The first-order valence-electron chi connectivity index (χ1n) is 40.4. The summed E-state index contributed by atoms with van der Waals surface area (Å²) in [6.45, 7) is 54.5. The average Bonchev–Trinajstić information content (AvgIpc) is 1.53. The van der Waals surface area contributed by atoms with Crippen LogP contribution in [0.25, 0.3) is 0 Å². The maximum Gasteiger partial charge on any atom is 0.0598 e. The van der Waals surface area contributed by atoms with Gasteiger partial charge in [-0.15, -0.1) is 0 Å². The molecule has 7 saturated carbocycles. The van der Waals surface area contributed by atoms with Crippen molar-refractivity contribution in [1.29, 1.82) is 0 Å². The van der Waals surface area contributed by atoms with Crippen molar-refractivity contribution in [2.45, 2.75) is 414 Å². The van der Waals surface area contributed by atoms with E-state index in [-0.39, 0.29) is 42.7 Å². The van der Waals surface area contributed by atoms with Crippen molar-refractivity contribution in [3.8, 4) is 0 Å². The van der Waals surface area contributed by atoms with Crippen molar-refractivity contribution in [2.24, 2.45) is 123 Å². The van der Waals surface area contributed by atoms with Crippen molar-refractivity contribution in [3.05, 3.63) is 0 Å². The SMILES string of the molecule is CCC(C)C1CC(O)CCC1CC.CCC(C)C1CCC(CC)C(O)C1.CCC(C)C1CCCC(CC)C1O.CCC1C(O)CCCC1C(C)(C)C.CCC1CC(C(C)(C)C)CCC1O.CCC1CCC(C(C)(C)C)CC1O.CCC1CCC(O)C(C(C)CC)C1. The molecule has 91 heavy (non-hydrogen) atoms. The summed E-state index contributed by atoms with van der Waals surface area (Å²) in [7, 11) is 0. The molecule has 7 aliphatic rings. The lowest BCUT2D eigenvalue weighted by Crippen LogP contribution is -2.38. The standard InChI is InChI=1S/7C12H24O/c1-5-9-8-10(12(2,3)4)6-7-11(9)13;1-5-9-6-7-10(8-11(9)13)12(2,3)4;1-5-9-10(12(2,3)4)7-6-8-11(9)13;1-4-9(3)12-8-11(13)7-6-10(12)5-2;1-4-9(3)11-7-6-10(5-2)12(13)8-11;1-4-9(3)11-8-10(5-2)6-7-12(11)13;1-4-9(3)11-8-6-7-10(5-2)12(11)13/h3*9-11,13H,5-8H2,1-4H3;4*9-13H,4-8H2,1-3H3. The van der Waals surface area contributed by atoms with Gasteiger partial charge >= 0.3 is 0 Å². The minimum Gasteiger partial charge on any atom is -0.393 e. The van der Waals surface area contributed by atoms with E-state index in [0.29, 0.717) is 81.3 Å². The first-order valence-corrected chi connectivity index (χ1v) is 40.4. The van der Waals surface area contributed by atoms with Gasteiger partial charge in [0, 0.05) is 0 Å². The van der Waals surface area contributed by atoms with E-state index in [1.54, 1.807) is 0 Å². The van der Waals surface area contributed by atoms with E-state index >= 15 is 0 Å². The van der Waals surface area contributed by atoms with Gasteiger partial charge in [0.15, 0.2) is 0 Å². The molecule has 25 atom stereocenters. The predicted molar refractivity (Wildman–Crippen MR) is 396 cm³/mol. The van der Waals surface area contributed by atoms with Gasteiger partial charge in [0.2, 0.25) is 0 Å². The zero-order valence-corrected chi connectivity index (χ0v) is 65.7. The molecule has 0 amide bonds. The Morgan fingerprint density at radius 3 is 1.23 bits per heavy atom. The number of rotatable bonds is 15. The maximum atomic E-state index is 10.1. The molecule has 546 valence electrons. The Balaban J connectivity index is 0.000000531. The van der Waals surface area contributed by atoms with E-state index < -0.39 is 0 Å². The molecule has 0 aliphatic heterocycles. The second kappa shape index (κ2) is 45.4. The van der Waals surface area contributed by atoms with Crippen molar-refractivity contribution in [1.82, 2.24) is 0 Å². The molecular weight excluding hydrogens is 1120 g/mol. The maximum absolute atomic E-state index is 10.1. The smallest absolute Gasteiger partial charge is 0.0598 e.